The minimum absolute atomic E-state index is 0.00224. The Labute approximate surface area is 174 Å². The molecule has 1 aromatic carbocycles. The molecule has 2 rings (SSSR count). The first-order chi connectivity index (χ1) is 13.0. The van der Waals surface area contributed by atoms with E-state index in [4.69, 9.17) is 39.5 Å². The molecule has 0 unspecified atom stereocenters. The van der Waals surface area contributed by atoms with Crippen LogP contribution >= 0.6 is 34.8 Å². The van der Waals surface area contributed by atoms with E-state index < -0.39 is 16.9 Å². The predicted octanol–water partition coefficient (Wildman–Crippen LogP) is 5.91. The first-order valence-electron chi connectivity index (χ1n) is 7.64. The van der Waals surface area contributed by atoms with Crippen LogP contribution in [-0.2, 0) is 22.8 Å². The Morgan fingerprint density at radius 1 is 1.25 bits per heavy atom. The van der Waals surface area contributed by atoms with Crippen LogP contribution in [0.1, 0.15) is 16.8 Å². The highest BCUT2D eigenvalue weighted by Crippen LogP contribution is 2.41. The molecular formula is C17H15Cl3F3N3O2. The first-order valence-corrected chi connectivity index (χ1v) is 8.77. The summed E-state index contributed by atoms with van der Waals surface area (Å²) in [4.78, 5) is 4.63. The smallest absolute Gasteiger partial charge is 0.434 e. The number of halogens is 6. The molecule has 0 aliphatic rings. The lowest BCUT2D eigenvalue weighted by Gasteiger charge is -2.09. The Kier molecular flexibility index (Phi) is 6.90. The molecule has 1 heterocycles. The lowest BCUT2D eigenvalue weighted by Crippen LogP contribution is -2.12. The largest absolute Gasteiger partial charge is 0.478 e. The highest BCUT2D eigenvalue weighted by atomic mass is 35.5. The number of hydrogen-bond donors (Lipinski definition) is 0. The highest BCUT2D eigenvalue weighted by Gasteiger charge is 2.39. The molecule has 0 bridgehead atoms. The van der Waals surface area contributed by atoms with Gasteiger partial charge in [-0.25, -0.2) is 0 Å². The van der Waals surface area contributed by atoms with Gasteiger partial charge in [-0.1, -0.05) is 34.8 Å². The van der Waals surface area contributed by atoms with Crippen molar-refractivity contribution in [1.82, 2.24) is 9.78 Å². The molecule has 0 saturated heterocycles. The number of oxime groups is 1. The van der Waals surface area contributed by atoms with Gasteiger partial charge in [0.1, 0.15) is 17.8 Å². The maximum absolute atomic E-state index is 13.2. The minimum Gasteiger partial charge on any atom is -0.478 e. The SMILES string of the molecule is CO/N=C(OC)/C(Cl)=C\c1cc(-c2nn(C)c(C(F)(F)F)c2Cl)c(C)cc1Cl. The fraction of sp³-hybridized carbons (Fsp3) is 0.294. The lowest BCUT2D eigenvalue weighted by atomic mass is 10.0. The van der Waals surface area contributed by atoms with Crippen molar-refractivity contribution >= 4 is 46.8 Å². The zero-order chi connectivity index (χ0) is 21.2. The van der Waals surface area contributed by atoms with Crippen LogP contribution < -0.4 is 0 Å². The van der Waals surface area contributed by atoms with E-state index in [9.17, 15) is 13.2 Å². The summed E-state index contributed by atoms with van der Waals surface area (Å²) in [7, 11) is 3.84. The third-order valence-corrected chi connectivity index (χ3v) is 4.67. The zero-order valence-electron chi connectivity index (χ0n) is 15.2. The summed E-state index contributed by atoms with van der Waals surface area (Å²) < 4.78 is 45.4. The third-order valence-electron chi connectivity index (χ3n) is 3.71. The van der Waals surface area contributed by atoms with Gasteiger partial charge in [-0.05, 0) is 41.4 Å². The molecule has 1 aromatic heterocycles. The number of benzene rings is 1. The molecule has 152 valence electrons. The van der Waals surface area contributed by atoms with Crippen LogP contribution in [0.4, 0.5) is 13.2 Å². The monoisotopic (exact) mass is 455 g/mol. The highest BCUT2D eigenvalue weighted by molar-refractivity contribution is 6.44. The van der Waals surface area contributed by atoms with Gasteiger partial charge in [0.05, 0.1) is 12.1 Å². The van der Waals surface area contributed by atoms with Crippen molar-refractivity contribution in [2.75, 3.05) is 14.2 Å². The third kappa shape index (κ3) is 4.56. The van der Waals surface area contributed by atoms with Gasteiger partial charge in [-0.15, -0.1) is 0 Å². The first kappa shape index (κ1) is 22.4. The Morgan fingerprint density at radius 3 is 2.39 bits per heavy atom. The van der Waals surface area contributed by atoms with Crippen LogP contribution in [-0.4, -0.2) is 29.9 Å². The van der Waals surface area contributed by atoms with E-state index in [1.165, 1.54) is 33.4 Å². The standard InChI is InChI=1S/C17H15Cl3F3N3O2/c1-8-5-11(18)9(7-12(19)16(27-3)25-28-4)6-10(8)14-13(20)15(17(21,22)23)26(2)24-14/h5-7H,1-4H3/b12-7+,25-16-. The van der Waals surface area contributed by atoms with Gasteiger partial charge in [0.15, 0.2) is 5.69 Å². The number of aryl methyl sites for hydroxylation is 2. The number of alkyl halides is 3. The summed E-state index contributed by atoms with van der Waals surface area (Å²) in [6, 6.07) is 3.11. The number of aromatic nitrogens is 2. The van der Waals surface area contributed by atoms with Crippen molar-refractivity contribution in [2.45, 2.75) is 13.1 Å². The summed E-state index contributed by atoms with van der Waals surface area (Å²) in [5.74, 6) is -0.00224. The summed E-state index contributed by atoms with van der Waals surface area (Å²) in [5.41, 5.74) is 0.309. The van der Waals surface area contributed by atoms with Crippen molar-refractivity contribution in [1.29, 1.82) is 0 Å². The average molecular weight is 457 g/mol. The van der Waals surface area contributed by atoms with Crippen molar-refractivity contribution in [3.05, 3.63) is 44.0 Å². The van der Waals surface area contributed by atoms with Gasteiger partial charge < -0.3 is 9.57 Å². The molecule has 0 atom stereocenters. The van der Waals surface area contributed by atoms with E-state index >= 15 is 0 Å². The predicted molar refractivity (Wildman–Crippen MR) is 104 cm³/mol. The van der Waals surface area contributed by atoms with Crippen LogP contribution in [0.15, 0.2) is 22.3 Å². The minimum atomic E-state index is -4.65. The molecule has 2 aromatic rings. The van der Waals surface area contributed by atoms with Gasteiger partial charge in [-0.3, -0.25) is 4.68 Å². The summed E-state index contributed by atoms with van der Waals surface area (Å²) in [5, 5.41) is 7.44. The molecule has 28 heavy (non-hydrogen) atoms. The Balaban J connectivity index is 2.64. The zero-order valence-corrected chi connectivity index (χ0v) is 17.4. The number of nitrogens with zero attached hydrogens (tertiary/aromatic N) is 3. The van der Waals surface area contributed by atoms with Crippen LogP contribution in [0, 0.1) is 6.92 Å². The molecule has 5 nitrogen and oxygen atoms in total. The lowest BCUT2D eigenvalue weighted by molar-refractivity contribution is -0.143. The Bertz CT molecular complexity index is 953. The van der Waals surface area contributed by atoms with E-state index in [-0.39, 0.29) is 16.6 Å². The summed E-state index contributed by atoms with van der Waals surface area (Å²) in [6.45, 7) is 1.68. The maximum Gasteiger partial charge on any atom is 0.434 e. The molecule has 0 aliphatic carbocycles. The maximum atomic E-state index is 13.2. The van der Waals surface area contributed by atoms with Gasteiger partial charge in [-0.2, -0.15) is 18.3 Å². The Morgan fingerprint density at radius 2 is 1.89 bits per heavy atom. The van der Waals surface area contributed by atoms with E-state index in [1.54, 1.807) is 13.0 Å². The van der Waals surface area contributed by atoms with Gasteiger partial charge in [0, 0.05) is 17.6 Å². The number of methoxy groups -OCH3 is 1. The normalized spacial score (nSPS) is 13.1. The van der Waals surface area contributed by atoms with Crippen LogP contribution in [0.3, 0.4) is 0 Å². The van der Waals surface area contributed by atoms with E-state index in [2.05, 4.69) is 15.1 Å². The van der Waals surface area contributed by atoms with Crippen LogP contribution in [0.2, 0.25) is 10.0 Å². The number of ether oxygens (including phenoxy) is 1. The molecule has 0 radical (unpaired) electrons. The topological polar surface area (TPSA) is 48.6 Å². The van der Waals surface area contributed by atoms with E-state index in [0.717, 1.165) is 0 Å². The summed E-state index contributed by atoms with van der Waals surface area (Å²) in [6.07, 6.45) is -3.21. The molecule has 0 saturated carbocycles. The number of hydrogen-bond acceptors (Lipinski definition) is 4. The molecule has 0 aliphatic heterocycles. The van der Waals surface area contributed by atoms with Crippen molar-refractivity contribution in [2.24, 2.45) is 12.2 Å². The quantitative estimate of drug-likeness (QED) is 0.327. The second-order valence-electron chi connectivity index (χ2n) is 5.60. The van der Waals surface area contributed by atoms with Crippen molar-refractivity contribution in [3.63, 3.8) is 0 Å². The van der Waals surface area contributed by atoms with Crippen molar-refractivity contribution in [3.8, 4) is 11.3 Å². The average Bonchev–Trinajstić information content (AvgIpc) is 2.89. The molecule has 11 heteroatoms. The van der Waals surface area contributed by atoms with Gasteiger partial charge >= 0.3 is 6.18 Å². The second kappa shape index (κ2) is 8.63. The van der Waals surface area contributed by atoms with Crippen molar-refractivity contribution < 1.29 is 22.7 Å². The van der Waals surface area contributed by atoms with E-state index in [1.807, 2.05) is 0 Å². The number of rotatable bonds is 4. The molecular weight excluding hydrogens is 442 g/mol. The molecule has 0 amide bonds. The molecule has 0 fully saturated rings. The Hall–Kier alpha value is -1.90. The van der Waals surface area contributed by atoms with Crippen LogP contribution in [0.5, 0.6) is 0 Å². The van der Waals surface area contributed by atoms with Gasteiger partial charge in [0.2, 0.25) is 0 Å². The van der Waals surface area contributed by atoms with Crippen LogP contribution in [0.25, 0.3) is 17.3 Å². The fourth-order valence-electron chi connectivity index (χ4n) is 2.49. The fourth-order valence-corrected chi connectivity index (χ4v) is 3.36. The summed E-state index contributed by atoms with van der Waals surface area (Å²) >= 11 is 18.4. The molecule has 0 spiro atoms. The van der Waals surface area contributed by atoms with E-state index in [0.29, 0.717) is 26.4 Å². The second-order valence-corrected chi connectivity index (χ2v) is 6.79. The van der Waals surface area contributed by atoms with Gasteiger partial charge in [0.25, 0.3) is 5.90 Å². The molecule has 0 N–H and O–H groups in total.